The van der Waals surface area contributed by atoms with Crippen molar-refractivity contribution in [2.24, 2.45) is 7.05 Å². The molecule has 4 rings (SSSR count). The van der Waals surface area contributed by atoms with Gasteiger partial charge in [-0.1, -0.05) is 0 Å². The number of aryl methyl sites for hydroxylation is 2. The zero-order valence-corrected chi connectivity index (χ0v) is 17.1. The molecule has 3 heterocycles. The average Bonchev–Trinajstić information content (AvgIpc) is 3.49. The van der Waals surface area contributed by atoms with Crippen LogP contribution in [-0.4, -0.2) is 47.6 Å². The number of rotatable bonds is 6. The molecule has 0 radical (unpaired) electrons. The van der Waals surface area contributed by atoms with Crippen LogP contribution in [-0.2, 0) is 24.9 Å². The van der Waals surface area contributed by atoms with Gasteiger partial charge >= 0.3 is 0 Å². The minimum absolute atomic E-state index is 0.250. The minimum atomic E-state index is -0.250. The number of nitrogens with zero attached hydrogens (tertiary/aromatic N) is 6. The number of benzene rings is 1. The topological polar surface area (TPSA) is 100.0 Å². The van der Waals surface area contributed by atoms with E-state index in [1.807, 2.05) is 59.3 Å². The van der Waals surface area contributed by atoms with Crippen LogP contribution in [0.25, 0.3) is 22.8 Å². The van der Waals surface area contributed by atoms with Crippen LogP contribution in [0.1, 0.15) is 12.5 Å². The van der Waals surface area contributed by atoms with E-state index in [1.54, 1.807) is 13.3 Å². The molecule has 0 spiro atoms. The summed E-state index contributed by atoms with van der Waals surface area (Å²) in [5.74, 6) is 1.70. The van der Waals surface area contributed by atoms with E-state index in [2.05, 4.69) is 27.8 Å². The molecular formula is C21H24N6O3. The van der Waals surface area contributed by atoms with Crippen molar-refractivity contribution in [1.29, 1.82) is 0 Å². The smallest absolute Gasteiger partial charge is 0.290 e. The van der Waals surface area contributed by atoms with Crippen LogP contribution >= 0.6 is 0 Å². The van der Waals surface area contributed by atoms with Gasteiger partial charge < -0.3 is 19.0 Å². The molecule has 0 atom stereocenters. The number of carboxylic acid groups (broad SMARTS) is 1. The average molecular weight is 408 g/mol. The second-order valence-electron chi connectivity index (χ2n) is 6.47. The summed E-state index contributed by atoms with van der Waals surface area (Å²) >= 11 is 0. The third kappa shape index (κ3) is 4.40. The van der Waals surface area contributed by atoms with Gasteiger partial charge in [-0.3, -0.25) is 9.48 Å². The van der Waals surface area contributed by atoms with Crippen molar-refractivity contribution in [3.8, 4) is 28.5 Å². The number of imidazole rings is 2. The van der Waals surface area contributed by atoms with E-state index in [0.717, 1.165) is 40.6 Å². The number of hydrogen-bond acceptors (Lipinski definition) is 5. The van der Waals surface area contributed by atoms with Crippen molar-refractivity contribution in [1.82, 2.24) is 28.9 Å². The normalized spacial score (nSPS) is 10.4. The summed E-state index contributed by atoms with van der Waals surface area (Å²) in [6.07, 6.45) is 9.58. The number of hydrogen-bond donors (Lipinski definition) is 1. The SMILES string of the molecule is CCn1cc(Cn2cnc(-c3ccc(OC)cc3)c2-c2nccn2C)cn1.O=CO. The number of ether oxygens (including phenoxy) is 1. The summed E-state index contributed by atoms with van der Waals surface area (Å²) in [6.45, 7) is 3.37. The predicted molar refractivity (Wildman–Crippen MR) is 112 cm³/mol. The molecule has 3 aromatic heterocycles. The van der Waals surface area contributed by atoms with Gasteiger partial charge in [-0.05, 0) is 31.2 Å². The second kappa shape index (κ2) is 9.55. The fourth-order valence-corrected chi connectivity index (χ4v) is 3.15. The predicted octanol–water partition coefficient (Wildman–Crippen LogP) is 2.92. The molecule has 0 saturated carbocycles. The van der Waals surface area contributed by atoms with E-state index in [-0.39, 0.29) is 6.47 Å². The van der Waals surface area contributed by atoms with Gasteiger partial charge in [-0.15, -0.1) is 0 Å². The van der Waals surface area contributed by atoms with Gasteiger partial charge in [0.05, 0.1) is 31.9 Å². The Balaban J connectivity index is 0.000000806. The minimum Gasteiger partial charge on any atom is -0.497 e. The molecule has 0 aliphatic carbocycles. The van der Waals surface area contributed by atoms with Crippen LogP contribution in [0, 0.1) is 0 Å². The lowest BCUT2D eigenvalue weighted by atomic mass is 10.1. The van der Waals surface area contributed by atoms with Crippen molar-refractivity contribution in [2.75, 3.05) is 7.11 Å². The van der Waals surface area contributed by atoms with E-state index in [1.165, 1.54) is 0 Å². The van der Waals surface area contributed by atoms with Crippen LogP contribution < -0.4 is 4.74 Å². The molecule has 9 heteroatoms. The van der Waals surface area contributed by atoms with Crippen molar-refractivity contribution < 1.29 is 14.6 Å². The van der Waals surface area contributed by atoms with Crippen molar-refractivity contribution in [3.63, 3.8) is 0 Å². The molecule has 4 aromatic rings. The molecule has 0 aliphatic heterocycles. The fourth-order valence-electron chi connectivity index (χ4n) is 3.15. The summed E-state index contributed by atoms with van der Waals surface area (Å²) in [7, 11) is 3.66. The maximum absolute atomic E-state index is 8.36. The summed E-state index contributed by atoms with van der Waals surface area (Å²) in [4.78, 5) is 17.6. The second-order valence-corrected chi connectivity index (χ2v) is 6.47. The van der Waals surface area contributed by atoms with Gasteiger partial charge in [-0.25, -0.2) is 9.97 Å². The molecule has 30 heavy (non-hydrogen) atoms. The largest absolute Gasteiger partial charge is 0.497 e. The highest BCUT2D eigenvalue weighted by molar-refractivity contribution is 5.76. The van der Waals surface area contributed by atoms with Crippen molar-refractivity contribution >= 4 is 6.47 Å². The standard InChI is InChI=1S/C20H22N6O.CH2O2/c1-4-26-13-15(11-23-26)12-25-14-22-18(16-5-7-17(27-3)8-6-16)19(25)20-21-9-10-24(20)2;2-1-3/h5-11,13-14H,4,12H2,1-3H3;1H,(H,2,3). The molecule has 9 nitrogen and oxygen atoms in total. The number of aromatic nitrogens is 6. The van der Waals surface area contributed by atoms with Crippen LogP contribution in [0.15, 0.2) is 55.4 Å². The molecule has 0 fully saturated rings. The lowest BCUT2D eigenvalue weighted by molar-refractivity contribution is -0.122. The zero-order valence-electron chi connectivity index (χ0n) is 17.1. The van der Waals surface area contributed by atoms with Crippen molar-refractivity contribution in [3.05, 3.63) is 60.9 Å². The summed E-state index contributed by atoms with van der Waals surface area (Å²) in [5, 5.41) is 11.3. The van der Waals surface area contributed by atoms with Gasteiger partial charge in [0, 0.05) is 43.3 Å². The Bertz CT molecular complexity index is 1090. The van der Waals surface area contributed by atoms with Gasteiger partial charge in [0.2, 0.25) is 0 Å². The lowest BCUT2D eigenvalue weighted by Gasteiger charge is -2.10. The van der Waals surface area contributed by atoms with Crippen LogP contribution in [0.3, 0.4) is 0 Å². The Labute approximate surface area is 174 Å². The third-order valence-corrected chi connectivity index (χ3v) is 4.60. The third-order valence-electron chi connectivity index (χ3n) is 4.60. The zero-order chi connectivity index (χ0) is 21.5. The van der Waals surface area contributed by atoms with E-state index in [9.17, 15) is 0 Å². The molecule has 1 N–H and O–H groups in total. The first kappa shape index (κ1) is 20.8. The maximum atomic E-state index is 8.36. The highest BCUT2D eigenvalue weighted by atomic mass is 16.5. The Morgan fingerprint density at radius 3 is 2.50 bits per heavy atom. The summed E-state index contributed by atoms with van der Waals surface area (Å²) in [5.41, 5.74) is 4.04. The monoisotopic (exact) mass is 408 g/mol. The molecular weight excluding hydrogens is 384 g/mol. The highest BCUT2D eigenvalue weighted by Gasteiger charge is 2.19. The van der Waals surface area contributed by atoms with Crippen molar-refractivity contribution in [2.45, 2.75) is 20.0 Å². The maximum Gasteiger partial charge on any atom is 0.290 e. The van der Waals surface area contributed by atoms with Gasteiger partial charge in [0.25, 0.3) is 6.47 Å². The first-order valence-corrected chi connectivity index (χ1v) is 9.37. The first-order valence-electron chi connectivity index (χ1n) is 9.37. The number of carbonyl (C=O) groups is 1. The van der Waals surface area contributed by atoms with Gasteiger partial charge in [-0.2, -0.15) is 5.10 Å². The molecule has 156 valence electrons. The van der Waals surface area contributed by atoms with Gasteiger partial charge in [0.1, 0.15) is 11.4 Å². The van der Waals surface area contributed by atoms with Gasteiger partial charge in [0.15, 0.2) is 5.82 Å². The molecule has 1 aromatic carbocycles. The molecule has 0 saturated heterocycles. The van der Waals surface area contributed by atoms with E-state index in [4.69, 9.17) is 19.6 Å². The molecule has 0 amide bonds. The van der Waals surface area contributed by atoms with Crippen LogP contribution in [0.5, 0.6) is 5.75 Å². The lowest BCUT2D eigenvalue weighted by Crippen LogP contribution is -2.04. The summed E-state index contributed by atoms with van der Waals surface area (Å²) < 4.78 is 11.3. The Hall–Kier alpha value is -3.88. The van der Waals surface area contributed by atoms with Crippen LogP contribution in [0.2, 0.25) is 0 Å². The molecule has 0 unspecified atom stereocenters. The quantitative estimate of drug-likeness (QED) is 0.493. The fraction of sp³-hybridized carbons (Fsp3) is 0.238. The Morgan fingerprint density at radius 1 is 1.20 bits per heavy atom. The molecule has 0 aliphatic rings. The first-order chi connectivity index (χ1) is 14.6. The van der Waals surface area contributed by atoms with E-state index < -0.39 is 0 Å². The highest BCUT2D eigenvalue weighted by Crippen LogP contribution is 2.31. The Kier molecular flexibility index (Phi) is 6.63. The van der Waals surface area contributed by atoms with E-state index >= 15 is 0 Å². The number of methoxy groups -OCH3 is 1. The van der Waals surface area contributed by atoms with E-state index in [0.29, 0.717) is 6.54 Å². The Morgan fingerprint density at radius 2 is 1.93 bits per heavy atom. The molecule has 0 bridgehead atoms. The summed E-state index contributed by atoms with van der Waals surface area (Å²) in [6, 6.07) is 7.93. The van der Waals surface area contributed by atoms with Crippen LogP contribution in [0.4, 0.5) is 0 Å².